The summed E-state index contributed by atoms with van der Waals surface area (Å²) in [5, 5.41) is 3.47. The molecule has 2 fully saturated rings. The molecule has 0 saturated carbocycles. The molecule has 2 aliphatic rings. The van der Waals surface area contributed by atoms with Crippen LogP contribution in [0.15, 0.2) is 37.1 Å². The maximum Gasteiger partial charge on any atom is 0.255 e. The van der Waals surface area contributed by atoms with E-state index in [-0.39, 0.29) is 30.7 Å². The van der Waals surface area contributed by atoms with E-state index in [1.807, 2.05) is 27.8 Å². The number of pyridine rings is 1. The van der Waals surface area contributed by atoms with Crippen LogP contribution in [0.4, 0.5) is 0 Å². The molecule has 0 unspecified atom stereocenters. The van der Waals surface area contributed by atoms with E-state index in [1.165, 1.54) is 0 Å². The summed E-state index contributed by atoms with van der Waals surface area (Å²) in [5.41, 5.74) is 0.666. The van der Waals surface area contributed by atoms with Crippen LogP contribution in [0.2, 0.25) is 0 Å². The predicted molar refractivity (Wildman–Crippen MR) is 101 cm³/mol. The molecular formula is C17H23Cl2N5O. The third-order valence-corrected chi connectivity index (χ3v) is 5.07. The highest BCUT2D eigenvalue weighted by molar-refractivity contribution is 5.94. The van der Waals surface area contributed by atoms with Gasteiger partial charge in [-0.2, -0.15) is 0 Å². The molecule has 2 aromatic heterocycles. The van der Waals surface area contributed by atoms with E-state index in [4.69, 9.17) is 0 Å². The van der Waals surface area contributed by atoms with Gasteiger partial charge in [0.2, 0.25) is 0 Å². The van der Waals surface area contributed by atoms with Crippen molar-refractivity contribution in [3.8, 4) is 5.82 Å². The molecule has 25 heavy (non-hydrogen) atoms. The number of hydrogen-bond acceptors (Lipinski definition) is 4. The second-order valence-corrected chi connectivity index (χ2v) is 6.42. The smallest absolute Gasteiger partial charge is 0.255 e. The van der Waals surface area contributed by atoms with Gasteiger partial charge in [0.1, 0.15) is 12.1 Å². The van der Waals surface area contributed by atoms with E-state index in [9.17, 15) is 4.79 Å². The number of imidazole rings is 1. The zero-order valence-electron chi connectivity index (χ0n) is 13.9. The van der Waals surface area contributed by atoms with Crippen molar-refractivity contribution in [2.45, 2.75) is 12.8 Å². The Labute approximate surface area is 159 Å². The van der Waals surface area contributed by atoms with Gasteiger partial charge in [-0.15, -0.1) is 24.8 Å². The lowest BCUT2D eigenvalue weighted by Crippen LogP contribution is -2.32. The lowest BCUT2D eigenvalue weighted by Gasteiger charge is -2.21. The lowest BCUT2D eigenvalue weighted by molar-refractivity contribution is 0.0758. The second kappa shape index (κ2) is 8.65. The van der Waals surface area contributed by atoms with Crippen LogP contribution in [0.3, 0.4) is 0 Å². The van der Waals surface area contributed by atoms with Gasteiger partial charge >= 0.3 is 0 Å². The highest BCUT2D eigenvalue weighted by Crippen LogP contribution is 2.27. The summed E-state index contributed by atoms with van der Waals surface area (Å²) < 4.78 is 1.83. The van der Waals surface area contributed by atoms with Gasteiger partial charge < -0.3 is 10.2 Å². The molecule has 1 amide bonds. The Kier molecular flexibility index (Phi) is 6.81. The van der Waals surface area contributed by atoms with Gasteiger partial charge in [0.15, 0.2) is 0 Å². The molecule has 0 radical (unpaired) electrons. The normalized spacial score (nSPS) is 22.3. The minimum Gasteiger partial charge on any atom is -0.339 e. The van der Waals surface area contributed by atoms with Crippen molar-refractivity contribution in [3.05, 3.63) is 42.6 Å². The van der Waals surface area contributed by atoms with Crippen LogP contribution in [-0.2, 0) is 0 Å². The molecule has 2 aromatic rings. The molecule has 8 heteroatoms. The number of carbonyl (C=O) groups excluding carboxylic acids is 1. The zero-order valence-corrected chi connectivity index (χ0v) is 15.5. The number of rotatable bonds is 2. The molecule has 1 N–H and O–H groups in total. The predicted octanol–water partition coefficient (Wildman–Crippen LogP) is 2.18. The van der Waals surface area contributed by atoms with E-state index < -0.39 is 0 Å². The number of nitrogens with zero attached hydrogens (tertiary/aromatic N) is 4. The Morgan fingerprint density at radius 3 is 2.40 bits per heavy atom. The van der Waals surface area contributed by atoms with E-state index >= 15 is 0 Å². The number of nitrogens with one attached hydrogen (secondary N) is 1. The van der Waals surface area contributed by atoms with E-state index in [0.29, 0.717) is 5.56 Å². The molecule has 2 saturated heterocycles. The Balaban J connectivity index is 0.00000113. The van der Waals surface area contributed by atoms with Crippen molar-refractivity contribution in [1.29, 1.82) is 0 Å². The standard InChI is InChI=1S/C17H21N5O.2ClH/c23-17(21-6-3-13-9-19-10-14(13)4-7-21)15-1-2-16(20-11-15)22-8-5-18-12-22;;/h1-2,5,8,11-14,19H,3-4,6-7,9-10H2;2*1H/t13-,14+;;. The molecule has 0 aliphatic carbocycles. The number of amides is 1. The van der Waals surface area contributed by atoms with Gasteiger partial charge in [-0.05, 0) is 49.9 Å². The van der Waals surface area contributed by atoms with Crippen molar-refractivity contribution >= 4 is 30.7 Å². The van der Waals surface area contributed by atoms with Gasteiger partial charge in [-0.25, -0.2) is 9.97 Å². The summed E-state index contributed by atoms with van der Waals surface area (Å²) >= 11 is 0. The fourth-order valence-electron chi connectivity index (χ4n) is 3.66. The summed E-state index contributed by atoms with van der Waals surface area (Å²) in [7, 11) is 0. The third kappa shape index (κ3) is 4.14. The van der Waals surface area contributed by atoms with Gasteiger partial charge in [-0.3, -0.25) is 9.36 Å². The molecule has 4 heterocycles. The Morgan fingerprint density at radius 2 is 1.84 bits per heavy atom. The Hall–Kier alpha value is -1.63. The first-order valence-electron chi connectivity index (χ1n) is 8.25. The number of likely N-dealkylation sites (tertiary alicyclic amines) is 1. The van der Waals surface area contributed by atoms with E-state index in [1.54, 1.807) is 18.7 Å². The van der Waals surface area contributed by atoms with Gasteiger partial charge in [0.05, 0.1) is 5.56 Å². The SMILES string of the molecule is Cl.Cl.O=C(c1ccc(-n2ccnc2)nc1)N1CC[C@@H]2CNC[C@@H]2CC1. The summed E-state index contributed by atoms with van der Waals surface area (Å²) in [6.45, 7) is 3.91. The maximum atomic E-state index is 12.7. The number of halogens is 2. The summed E-state index contributed by atoms with van der Waals surface area (Å²) in [4.78, 5) is 23.1. The fraction of sp³-hybridized carbons (Fsp3) is 0.471. The topological polar surface area (TPSA) is 63.1 Å². The van der Waals surface area contributed by atoms with Gasteiger partial charge in [0.25, 0.3) is 5.91 Å². The Morgan fingerprint density at radius 1 is 1.12 bits per heavy atom. The van der Waals surface area contributed by atoms with Crippen LogP contribution in [0.1, 0.15) is 23.2 Å². The Bertz CT molecular complexity index is 663. The average Bonchev–Trinajstić information content (AvgIpc) is 3.24. The number of aromatic nitrogens is 3. The van der Waals surface area contributed by atoms with Gasteiger partial charge in [0, 0.05) is 31.7 Å². The molecule has 0 bridgehead atoms. The minimum absolute atomic E-state index is 0. The molecule has 0 spiro atoms. The second-order valence-electron chi connectivity index (χ2n) is 6.42. The minimum atomic E-state index is 0. The van der Waals surface area contributed by atoms with Crippen LogP contribution in [-0.4, -0.2) is 51.5 Å². The molecular weight excluding hydrogens is 361 g/mol. The first-order valence-corrected chi connectivity index (χ1v) is 8.25. The molecule has 2 aliphatic heterocycles. The van der Waals surface area contributed by atoms with Crippen molar-refractivity contribution < 1.29 is 4.79 Å². The largest absolute Gasteiger partial charge is 0.339 e. The number of carbonyl (C=O) groups is 1. The first kappa shape index (κ1) is 19.7. The van der Waals surface area contributed by atoms with Crippen LogP contribution in [0.25, 0.3) is 5.82 Å². The maximum absolute atomic E-state index is 12.7. The van der Waals surface area contributed by atoms with Crippen LogP contribution in [0.5, 0.6) is 0 Å². The molecule has 0 aromatic carbocycles. The van der Waals surface area contributed by atoms with E-state index in [2.05, 4.69) is 15.3 Å². The van der Waals surface area contributed by atoms with Crippen LogP contribution >= 0.6 is 24.8 Å². The summed E-state index contributed by atoms with van der Waals surface area (Å²) in [5.74, 6) is 2.34. The monoisotopic (exact) mass is 383 g/mol. The van der Waals surface area contributed by atoms with Crippen molar-refractivity contribution in [2.24, 2.45) is 11.8 Å². The highest BCUT2D eigenvalue weighted by atomic mass is 35.5. The summed E-state index contributed by atoms with van der Waals surface area (Å²) in [6, 6.07) is 3.73. The summed E-state index contributed by atoms with van der Waals surface area (Å²) in [6.07, 6.45) is 9.12. The molecule has 136 valence electrons. The molecule has 2 atom stereocenters. The van der Waals surface area contributed by atoms with Gasteiger partial charge in [-0.1, -0.05) is 0 Å². The van der Waals surface area contributed by atoms with Crippen molar-refractivity contribution in [2.75, 3.05) is 26.2 Å². The highest BCUT2D eigenvalue weighted by Gasteiger charge is 2.31. The molecule has 6 nitrogen and oxygen atoms in total. The van der Waals surface area contributed by atoms with Crippen molar-refractivity contribution in [1.82, 2.24) is 24.8 Å². The van der Waals surface area contributed by atoms with Crippen LogP contribution < -0.4 is 5.32 Å². The third-order valence-electron chi connectivity index (χ3n) is 5.07. The van der Waals surface area contributed by atoms with E-state index in [0.717, 1.165) is 56.7 Å². The zero-order chi connectivity index (χ0) is 15.6. The number of hydrogen-bond donors (Lipinski definition) is 1. The average molecular weight is 384 g/mol. The molecule has 4 rings (SSSR count). The quantitative estimate of drug-likeness (QED) is 0.862. The first-order chi connectivity index (χ1) is 11.3. The number of fused-ring (bicyclic) bond motifs is 1. The van der Waals surface area contributed by atoms with Crippen molar-refractivity contribution in [3.63, 3.8) is 0 Å². The van der Waals surface area contributed by atoms with Crippen LogP contribution in [0, 0.1) is 11.8 Å². The fourth-order valence-corrected chi connectivity index (χ4v) is 3.66. The lowest BCUT2D eigenvalue weighted by atomic mass is 9.92.